The largest absolute Gasteiger partial charge is 0.218 e. The lowest BCUT2D eigenvalue weighted by Crippen LogP contribution is -2.14. The van der Waals surface area contributed by atoms with E-state index >= 15 is 0 Å². The van der Waals surface area contributed by atoms with E-state index in [0.29, 0.717) is 6.42 Å². The standard InChI is InChI=1S/C26H23N3/c1-17-27-24(29-25(28-17)19-9-5-4-6-10-19)16-18-13-14-23-21(15-18)20-11-7-8-12-22(20)26(23,2)3/h4-15H,16H2,1-3H3. The number of hydrogen-bond donors (Lipinski definition) is 0. The predicted molar refractivity (Wildman–Crippen MR) is 117 cm³/mol. The summed E-state index contributed by atoms with van der Waals surface area (Å²) in [7, 11) is 0. The average Bonchev–Trinajstić information content (AvgIpc) is 2.95. The van der Waals surface area contributed by atoms with Gasteiger partial charge in [0.15, 0.2) is 5.82 Å². The number of fused-ring (bicyclic) bond motifs is 3. The average molecular weight is 377 g/mol. The molecule has 3 aromatic carbocycles. The van der Waals surface area contributed by atoms with Crippen molar-refractivity contribution in [1.29, 1.82) is 0 Å². The molecule has 1 heterocycles. The van der Waals surface area contributed by atoms with Gasteiger partial charge >= 0.3 is 0 Å². The summed E-state index contributed by atoms with van der Waals surface area (Å²) in [5.74, 6) is 2.30. The minimum absolute atomic E-state index is 0.0364. The second kappa shape index (κ2) is 6.63. The first-order valence-electron chi connectivity index (χ1n) is 10.0. The molecule has 0 atom stereocenters. The summed E-state index contributed by atoms with van der Waals surface area (Å²) in [6.07, 6.45) is 0.694. The zero-order valence-corrected chi connectivity index (χ0v) is 17.0. The van der Waals surface area contributed by atoms with Crippen LogP contribution in [0, 0.1) is 6.92 Å². The molecule has 3 nitrogen and oxygen atoms in total. The summed E-state index contributed by atoms with van der Waals surface area (Å²) in [6.45, 7) is 6.54. The van der Waals surface area contributed by atoms with Gasteiger partial charge in [0.1, 0.15) is 11.6 Å². The molecule has 0 N–H and O–H groups in total. The highest BCUT2D eigenvalue weighted by molar-refractivity contribution is 5.81. The van der Waals surface area contributed by atoms with Crippen LogP contribution in [0.5, 0.6) is 0 Å². The van der Waals surface area contributed by atoms with E-state index in [2.05, 4.69) is 66.3 Å². The SMILES string of the molecule is Cc1nc(Cc2ccc3c(c2)-c2ccccc2C3(C)C)nc(-c2ccccc2)n1. The van der Waals surface area contributed by atoms with Crippen LogP contribution in [-0.4, -0.2) is 15.0 Å². The van der Waals surface area contributed by atoms with Crippen LogP contribution in [0.3, 0.4) is 0 Å². The van der Waals surface area contributed by atoms with Gasteiger partial charge in [-0.1, -0.05) is 86.6 Å². The Morgan fingerprint density at radius 1 is 0.724 bits per heavy atom. The molecule has 5 rings (SSSR count). The number of hydrogen-bond acceptors (Lipinski definition) is 3. The van der Waals surface area contributed by atoms with Crippen molar-refractivity contribution in [2.75, 3.05) is 0 Å². The highest BCUT2D eigenvalue weighted by atomic mass is 15.0. The van der Waals surface area contributed by atoms with Crippen LogP contribution in [-0.2, 0) is 11.8 Å². The van der Waals surface area contributed by atoms with Gasteiger partial charge in [0.2, 0.25) is 0 Å². The maximum absolute atomic E-state index is 4.74. The zero-order chi connectivity index (χ0) is 20.0. The van der Waals surface area contributed by atoms with Crippen molar-refractivity contribution in [1.82, 2.24) is 15.0 Å². The van der Waals surface area contributed by atoms with E-state index in [4.69, 9.17) is 4.98 Å². The first-order chi connectivity index (χ1) is 14.0. The zero-order valence-electron chi connectivity index (χ0n) is 17.0. The summed E-state index contributed by atoms with van der Waals surface area (Å²) in [4.78, 5) is 13.9. The number of benzene rings is 3. The van der Waals surface area contributed by atoms with Crippen molar-refractivity contribution < 1.29 is 0 Å². The topological polar surface area (TPSA) is 38.7 Å². The van der Waals surface area contributed by atoms with Crippen LogP contribution < -0.4 is 0 Å². The molecule has 4 aromatic rings. The van der Waals surface area contributed by atoms with Crippen molar-refractivity contribution in [3.8, 4) is 22.5 Å². The van der Waals surface area contributed by atoms with Gasteiger partial charge in [-0.3, -0.25) is 0 Å². The Morgan fingerprint density at radius 3 is 2.28 bits per heavy atom. The summed E-state index contributed by atoms with van der Waals surface area (Å²) >= 11 is 0. The van der Waals surface area contributed by atoms with Crippen LogP contribution in [0.25, 0.3) is 22.5 Å². The maximum Gasteiger partial charge on any atom is 0.163 e. The molecule has 1 aliphatic rings. The Kier molecular flexibility index (Phi) is 4.06. The first kappa shape index (κ1) is 17.7. The highest BCUT2D eigenvalue weighted by Crippen LogP contribution is 2.48. The Morgan fingerprint density at radius 2 is 1.45 bits per heavy atom. The third-order valence-corrected chi connectivity index (χ3v) is 5.84. The molecule has 3 heteroatoms. The minimum atomic E-state index is 0.0364. The summed E-state index contributed by atoms with van der Waals surface area (Å²) in [6, 6.07) is 25.6. The van der Waals surface area contributed by atoms with Crippen molar-refractivity contribution in [3.63, 3.8) is 0 Å². The van der Waals surface area contributed by atoms with Gasteiger partial charge < -0.3 is 0 Å². The third-order valence-electron chi connectivity index (χ3n) is 5.84. The number of nitrogens with zero attached hydrogens (tertiary/aromatic N) is 3. The Hall–Kier alpha value is -3.33. The molecule has 0 bridgehead atoms. The fraction of sp³-hybridized carbons (Fsp3) is 0.192. The summed E-state index contributed by atoms with van der Waals surface area (Å²) < 4.78 is 0. The molecule has 0 saturated heterocycles. The Bertz CT molecular complexity index is 1210. The van der Waals surface area contributed by atoms with E-state index in [9.17, 15) is 0 Å². The second-order valence-electron chi connectivity index (χ2n) is 8.22. The summed E-state index contributed by atoms with van der Waals surface area (Å²) in [5.41, 5.74) is 7.73. The molecule has 29 heavy (non-hydrogen) atoms. The molecular weight excluding hydrogens is 354 g/mol. The molecule has 142 valence electrons. The number of aromatic nitrogens is 3. The predicted octanol–water partition coefficient (Wildman–Crippen LogP) is 5.74. The van der Waals surface area contributed by atoms with Gasteiger partial charge in [0.05, 0.1) is 0 Å². The lowest BCUT2D eigenvalue weighted by molar-refractivity contribution is 0.660. The smallest absolute Gasteiger partial charge is 0.163 e. The van der Waals surface area contributed by atoms with Gasteiger partial charge in [-0.05, 0) is 34.7 Å². The Labute approximate surface area is 171 Å². The maximum atomic E-state index is 4.74. The van der Waals surface area contributed by atoms with E-state index in [-0.39, 0.29) is 5.41 Å². The fourth-order valence-electron chi connectivity index (χ4n) is 4.39. The molecule has 0 radical (unpaired) electrons. The van der Waals surface area contributed by atoms with Crippen LogP contribution in [0.2, 0.25) is 0 Å². The molecular formula is C26H23N3. The van der Waals surface area contributed by atoms with Gasteiger partial charge in [0.25, 0.3) is 0 Å². The summed E-state index contributed by atoms with van der Waals surface area (Å²) in [5, 5.41) is 0. The minimum Gasteiger partial charge on any atom is -0.218 e. The van der Waals surface area contributed by atoms with Crippen molar-refractivity contribution >= 4 is 0 Å². The van der Waals surface area contributed by atoms with E-state index in [1.165, 1.54) is 27.8 Å². The molecule has 0 amide bonds. The first-order valence-corrected chi connectivity index (χ1v) is 10.0. The van der Waals surface area contributed by atoms with Gasteiger partial charge in [-0.25, -0.2) is 15.0 Å². The highest BCUT2D eigenvalue weighted by Gasteiger charge is 2.34. The molecule has 0 aliphatic heterocycles. The molecule has 0 unspecified atom stereocenters. The van der Waals surface area contributed by atoms with E-state index < -0.39 is 0 Å². The van der Waals surface area contributed by atoms with Crippen molar-refractivity contribution in [2.24, 2.45) is 0 Å². The van der Waals surface area contributed by atoms with E-state index in [1.807, 2.05) is 37.3 Å². The number of aryl methyl sites for hydroxylation is 1. The fourth-order valence-corrected chi connectivity index (χ4v) is 4.39. The normalized spacial score (nSPS) is 13.8. The molecule has 0 fully saturated rings. The van der Waals surface area contributed by atoms with Crippen LogP contribution in [0.4, 0.5) is 0 Å². The Balaban J connectivity index is 1.53. The molecule has 1 aromatic heterocycles. The third kappa shape index (κ3) is 3.03. The second-order valence-corrected chi connectivity index (χ2v) is 8.22. The molecule has 0 saturated carbocycles. The van der Waals surface area contributed by atoms with E-state index in [1.54, 1.807) is 0 Å². The van der Waals surface area contributed by atoms with E-state index in [0.717, 1.165) is 23.0 Å². The lowest BCUT2D eigenvalue weighted by Gasteiger charge is -2.21. The van der Waals surface area contributed by atoms with Gasteiger partial charge in [0, 0.05) is 17.4 Å². The van der Waals surface area contributed by atoms with Crippen LogP contribution >= 0.6 is 0 Å². The van der Waals surface area contributed by atoms with Gasteiger partial charge in [-0.15, -0.1) is 0 Å². The van der Waals surface area contributed by atoms with Crippen LogP contribution in [0.15, 0.2) is 72.8 Å². The molecule has 0 spiro atoms. The van der Waals surface area contributed by atoms with Crippen LogP contribution in [0.1, 0.15) is 42.2 Å². The monoisotopic (exact) mass is 377 g/mol. The molecule has 1 aliphatic carbocycles. The lowest BCUT2D eigenvalue weighted by atomic mass is 9.82. The van der Waals surface area contributed by atoms with Gasteiger partial charge in [-0.2, -0.15) is 0 Å². The van der Waals surface area contributed by atoms with Crippen molar-refractivity contribution in [2.45, 2.75) is 32.6 Å². The van der Waals surface area contributed by atoms with Crippen molar-refractivity contribution in [3.05, 3.63) is 101 Å². The quantitative estimate of drug-likeness (QED) is 0.457. The number of rotatable bonds is 3.